The molecule has 8 nitrogen and oxygen atoms in total. The third-order valence-electron chi connectivity index (χ3n) is 5.63. The van der Waals surface area contributed by atoms with Crippen molar-refractivity contribution in [2.24, 2.45) is 0 Å². The van der Waals surface area contributed by atoms with E-state index >= 15 is 0 Å². The number of cyclic esters (lactones) is 1. The van der Waals surface area contributed by atoms with Gasteiger partial charge in [0.25, 0.3) is 5.91 Å². The summed E-state index contributed by atoms with van der Waals surface area (Å²) in [7, 11) is 0. The fourth-order valence-corrected chi connectivity index (χ4v) is 5.78. The van der Waals surface area contributed by atoms with Crippen LogP contribution in [0, 0.1) is 11.3 Å². The lowest BCUT2D eigenvalue weighted by Crippen LogP contribution is -2.37. The van der Waals surface area contributed by atoms with Crippen LogP contribution in [0.4, 0.5) is 16.4 Å². The SMILES string of the molecule is N#Cc1c(Nc2ccc(C(=O)NC3CCOC3=O)cc2)sc(C(=O)c2csc3ccccc23)c1N. The van der Waals surface area contributed by atoms with Crippen LogP contribution in [0.3, 0.4) is 0 Å². The first-order valence-electron chi connectivity index (χ1n) is 10.6. The highest BCUT2D eigenvalue weighted by Gasteiger charge is 2.28. The van der Waals surface area contributed by atoms with Crippen LogP contribution in [0.5, 0.6) is 0 Å². The molecule has 1 aliphatic rings. The van der Waals surface area contributed by atoms with Gasteiger partial charge in [-0.15, -0.1) is 22.7 Å². The smallest absolute Gasteiger partial charge is 0.328 e. The molecule has 2 aromatic carbocycles. The van der Waals surface area contributed by atoms with Crippen molar-refractivity contribution in [1.82, 2.24) is 5.32 Å². The van der Waals surface area contributed by atoms with Gasteiger partial charge in [-0.1, -0.05) is 18.2 Å². The zero-order valence-electron chi connectivity index (χ0n) is 18.2. The van der Waals surface area contributed by atoms with Gasteiger partial charge in [0.1, 0.15) is 27.6 Å². The fraction of sp³-hybridized carbons (Fsp3) is 0.120. The number of carbonyl (C=O) groups is 3. The third-order valence-corrected chi connectivity index (χ3v) is 7.72. The van der Waals surface area contributed by atoms with Gasteiger partial charge in [-0.05, 0) is 30.3 Å². The van der Waals surface area contributed by atoms with E-state index in [1.807, 2.05) is 24.3 Å². The maximum absolute atomic E-state index is 13.3. The predicted molar refractivity (Wildman–Crippen MR) is 135 cm³/mol. The molecular formula is C25H18N4O4S2. The minimum Gasteiger partial charge on any atom is -0.464 e. The first-order valence-corrected chi connectivity index (χ1v) is 12.3. The highest BCUT2D eigenvalue weighted by Crippen LogP contribution is 2.39. The number of nitrogens with one attached hydrogen (secondary N) is 2. The Kier molecular flexibility index (Phi) is 5.94. The van der Waals surface area contributed by atoms with Crippen molar-refractivity contribution in [3.8, 4) is 6.07 Å². The van der Waals surface area contributed by atoms with Crippen LogP contribution in [-0.4, -0.2) is 30.3 Å². The molecule has 1 amide bonds. The van der Waals surface area contributed by atoms with E-state index in [0.29, 0.717) is 39.7 Å². The van der Waals surface area contributed by atoms with Gasteiger partial charge >= 0.3 is 5.97 Å². The molecule has 0 aliphatic carbocycles. The van der Waals surface area contributed by atoms with E-state index in [4.69, 9.17) is 10.5 Å². The molecule has 1 aliphatic heterocycles. The molecule has 174 valence electrons. The Balaban J connectivity index is 1.36. The summed E-state index contributed by atoms with van der Waals surface area (Å²) in [5.74, 6) is -1.04. The summed E-state index contributed by atoms with van der Waals surface area (Å²) in [6, 6.07) is 15.6. The van der Waals surface area contributed by atoms with Gasteiger partial charge in [-0.2, -0.15) is 5.26 Å². The molecule has 0 saturated carbocycles. The summed E-state index contributed by atoms with van der Waals surface area (Å²) >= 11 is 2.60. The van der Waals surface area contributed by atoms with Crippen molar-refractivity contribution in [2.45, 2.75) is 12.5 Å². The number of fused-ring (bicyclic) bond motifs is 1. The molecule has 0 bridgehead atoms. The van der Waals surface area contributed by atoms with E-state index < -0.39 is 12.0 Å². The lowest BCUT2D eigenvalue weighted by molar-refractivity contribution is -0.139. The summed E-state index contributed by atoms with van der Waals surface area (Å²) < 4.78 is 5.86. The monoisotopic (exact) mass is 502 g/mol. The van der Waals surface area contributed by atoms with Crippen LogP contribution < -0.4 is 16.4 Å². The van der Waals surface area contributed by atoms with Gasteiger partial charge in [-0.3, -0.25) is 9.59 Å². The Bertz CT molecular complexity index is 1510. The van der Waals surface area contributed by atoms with Crippen LogP contribution in [0.15, 0.2) is 53.9 Å². The molecule has 3 heterocycles. The average molecular weight is 503 g/mol. The molecular weight excluding hydrogens is 484 g/mol. The molecule has 1 unspecified atom stereocenters. The summed E-state index contributed by atoms with van der Waals surface area (Å²) in [6.45, 7) is 0.297. The number of hydrogen-bond donors (Lipinski definition) is 3. The number of ketones is 1. The fourth-order valence-electron chi connectivity index (χ4n) is 3.79. The number of anilines is 3. The minimum atomic E-state index is -0.635. The lowest BCUT2D eigenvalue weighted by atomic mass is 10.1. The number of ether oxygens (including phenoxy) is 1. The lowest BCUT2D eigenvalue weighted by Gasteiger charge is -2.10. The zero-order valence-corrected chi connectivity index (χ0v) is 19.8. The Morgan fingerprint density at radius 1 is 1.14 bits per heavy atom. The standard InChI is InChI=1S/C25H18N4O4S2/c26-11-16-20(27)22(21(30)17-12-34-19-4-2-1-3-15(17)19)35-24(16)28-14-7-5-13(6-8-14)23(31)29-18-9-10-33-25(18)32/h1-8,12,18,28H,9-10,27H2,(H,29,31). The molecule has 2 aromatic heterocycles. The molecule has 4 N–H and O–H groups in total. The van der Waals surface area contributed by atoms with Crippen molar-refractivity contribution >= 4 is 66.8 Å². The number of rotatable bonds is 6. The second kappa shape index (κ2) is 9.21. The Labute approximate surface area is 207 Å². The average Bonchev–Trinajstić information content (AvgIpc) is 3.56. The maximum atomic E-state index is 13.3. The van der Waals surface area contributed by atoms with Gasteiger partial charge < -0.3 is 21.1 Å². The van der Waals surface area contributed by atoms with Crippen molar-refractivity contribution in [1.29, 1.82) is 5.26 Å². The normalized spacial score (nSPS) is 14.9. The molecule has 1 fully saturated rings. The minimum absolute atomic E-state index is 0.139. The van der Waals surface area contributed by atoms with Crippen LogP contribution >= 0.6 is 22.7 Å². The Morgan fingerprint density at radius 3 is 2.63 bits per heavy atom. The number of nitrogens with two attached hydrogens (primary N) is 1. The van der Waals surface area contributed by atoms with Gasteiger partial charge in [0.05, 0.1) is 12.3 Å². The number of thiophene rings is 2. The molecule has 0 radical (unpaired) electrons. The number of hydrogen-bond acceptors (Lipinski definition) is 9. The van der Waals surface area contributed by atoms with E-state index in [1.165, 1.54) is 11.3 Å². The second-order valence-corrected chi connectivity index (χ2v) is 9.75. The van der Waals surface area contributed by atoms with Crippen molar-refractivity contribution in [3.05, 3.63) is 75.5 Å². The van der Waals surface area contributed by atoms with Crippen LogP contribution in [-0.2, 0) is 9.53 Å². The molecule has 1 saturated heterocycles. The topological polar surface area (TPSA) is 134 Å². The van der Waals surface area contributed by atoms with Crippen LogP contribution in [0.2, 0.25) is 0 Å². The summed E-state index contributed by atoms with van der Waals surface area (Å²) in [6.07, 6.45) is 0.448. The molecule has 5 rings (SSSR count). The first-order chi connectivity index (χ1) is 17.0. The zero-order chi connectivity index (χ0) is 24.5. The number of nitriles is 1. The Hall–Kier alpha value is -4.20. The quantitative estimate of drug-likeness (QED) is 0.262. The number of carbonyl (C=O) groups excluding carboxylic acids is 3. The number of esters is 1. The molecule has 10 heteroatoms. The molecule has 0 spiro atoms. The summed E-state index contributed by atoms with van der Waals surface area (Å²) in [5, 5.41) is 18.6. The number of nitrogens with zero attached hydrogens (tertiary/aromatic N) is 1. The molecule has 1 atom stereocenters. The second-order valence-electron chi connectivity index (χ2n) is 7.82. The number of benzene rings is 2. The van der Waals surface area contributed by atoms with Crippen molar-refractivity contribution in [2.75, 3.05) is 17.7 Å². The van der Waals surface area contributed by atoms with Crippen LogP contribution in [0.25, 0.3) is 10.1 Å². The van der Waals surface area contributed by atoms with E-state index in [2.05, 4.69) is 16.7 Å². The largest absolute Gasteiger partial charge is 0.464 e. The van der Waals surface area contributed by atoms with Crippen LogP contribution in [0.1, 0.15) is 37.6 Å². The molecule has 35 heavy (non-hydrogen) atoms. The van der Waals surface area contributed by atoms with E-state index in [1.54, 1.807) is 29.6 Å². The summed E-state index contributed by atoms with van der Waals surface area (Å²) in [5.41, 5.74) is 8.08. The van der Waals surface area contributed by atoms with E-state index in [9.17, 15) is 19.6 Å². The van der Waals surface area contributed by atoms with Crippen molar-refractivity contribution < 1.29 is 19.1 Å². The van der Waals surface area contributed by atoms with Gasteiger partial charge in [0.2, 0.25) is 5.78 Å². The number of amides is 1. The Morgan fingerprint density at radius 2 is 1.91 bits per heavy atom. The highest BCUT2D eigenvalue weighted by atomic mass is 32.1. The van der Waals surface area contributed by atoms with Gasteiger partial charge in [-0.25, -0.2) is 4.79 Å². The summed E-state index contributed by atoms with van der Waals surface area (Å²) in [4.78, 5) is 37.6. The first kappa shape index (κ1) is 22.6. The number of nitrogen functional groups attached to an aromatic ring is 1. The van der Waals surface area contributed by atoms with Gasteiger partial charge in [0.15, 0.2) is 0 Å². The van der Waals surface area contributed by atoms with Crippen molar-refractivity contribution in [3.63, 3.8) is 0 Å². The maximum Gasteiger partial charge on any atom is 0.328 e. The van der Waals surface area contributed by atoms with E-state index in [-0.39, 0.29) is 22.9 Å². The predicted octanol–water partition coefficient (Wildman–Crippen LogP) is 4.44. The third kappa shape index (κ3) is 4.23. The van der Waals surface area contributed by atoms with Gasteiger partial charge in [0, 0.05) is 38.7 Å². The highest BCUT2D eigenvalue weighted by molar-refractivity contribution is 7.20. The van der Waals surface area contributed by atoms with E-state index in [0.717, 1.165) is 21.4 Å². The molecule has 4 aromatic rings.